The van der Waals surface area contributed by atoms with Crippen LogP contribution in [0.2, 0.25) is 0 Å². The highest BCUT2D eigenvalue weighted by Gasteiger charge is 2.34. The van der Waals surface area contributed by atoms with Gasteiger partial charge in [-0.3, -0.25) is 9.59 Å². The summed E-state index contributed by atoms with van der Waals surface area (Å²) in [6.07, 6.45) is 2.76. The second kappa shape index (κ2) is 8.39. The summed E-state index contributed by atoms with van der Waals surface area (Å²) in [7, 11) is 5.04. The number of carbonyl (C=O) groups excluding carboxylic acids is 2. The van der Waals surface area contributed by atoms with Crippen LogP contribution in [0.1, 0.15) is 12.0 Å². The van der Waals surface area contributed by atoms with Gasteiger partial charge in [0.1, 0.15) is 0 Å². The van der Waals surface area contributed by atoms with Crippen LogP contribution in [0.4, 0.5) is 0 Å². The zero-order valence-corrected chi connectivity index (χ0v) is 16.5. The van der Waals surface area contributed by atoms with Crippen LogP contribution in [0.15, 0.2) is 34.8 Å². The van der Waals surface area contributed by atoms with Crippen molar-refractivity contribution < 1.29 is 19.1 Å². The van der Waals surface area contributed by atoms with Crippen LogP contribution >= 0.6 is 11.3 Å². The summed E-state index contributed by atoms with van der Waals surface area (Å²) in [5, 5.41) is 1.88. The molecule has 0 saturated carbocycles. The van der Waals surface area contributed by atoms with E-state index in [1.54, 1.807) is 23.7 Å². The lowest BCUT2D eigenvalue weighted by molar-refractivity contribution is -0.128. The van der Waals surface area contributed by atoms with E-state index in [-0.39, 0.29) is 24.2 Å². The lowest BCUT2D eigenvalue weighted by Crippen LogP contribution is -2.28. The Morgan fingerprint density at radius 3 is 2.74 bits per heavy atom. The lowest BCUT2D eigenvalue weighted by Gasteiger charge is -2.16. The minimum Gasteiger partial charge on any atom is -0.493 e. The van der Waals surface area contributed by atoms with Crippen LogP contribution in [0.5, 0.6) is 11.5 Å². The van der Waals surface area contributed by atoms with Gasteiger partial charge in [-0.25, -0.2) is 0 Å². The summed E-state index contributed by atoms with van der Waals surface area (Å²) in [5.74, 6) is 0.741. The molecule has 27 heavy (non-hydrogen) atoms. The van der Waals surface area contributed by atoms with Crippen molar-refractivity contribution in [2.24, 2.45) is 18.0 Å². The van der Waals surface area contributed by atoms with Crippen molar-refractivity contribution in [2.75, 3.05) is 27.3 Å². The van der Waals surface area contributed by atoms with Gasteiger partial charge in [-0.15, -0.1) is 11.3 Å². The molecule has 1 aliphatic rings. The van der Waals surface area contributed by atoms with Gasteiger partial charge in [0.2, 0.25) is 5.91 Å². The van der Waals surface area contributed by atoms with E-state index in [2.05, 4.69) is 4.99 Å². The summed E-state index contributed by atoms with van der Waals surface area (Å²) in [5.41, 5.74) is 1.05. The number of aryl methyl sites for hydroxylation is 1. The average Bonchev–Trinajstić information content (AvgIpc) is 3.25. The lowest BCUT2D eigenvalue weighted by atomic mass is 10.1. The highest BCUT2D eigenvalue weighted by Crippen LogP contribution is 2.28. The van der Waals surface area contributed by atoms with Crippen molar-refractivity contribution in [3.63, 3.8) is 0 Å². The van der Waals surface area contributed by atoms with Crippen molar-refractivity contribution in [2.45, 2.75) is 12.8 Å². The number of rotatable bonds is 6. The van der Waals surface area contributed by atoms with Crippen molar-refractivity contribution in [1.29, 1.82) is 0 Å². The molecular formula is C19H23N3O4S. The first-order chi connectivity index (χ1) is 13.0. The third-order valence-corrected chi connectivity index (χ3v) is 5.50. The van der Waals surface area contributed by atoms with E-state index in [4.69, 9.17) is 9.47 Å². The van der Waals surface area contributed by atoms with Crippen molar-refractivity contribution in [3.05, 3.63) is 40.1 Å². The first-order valence-electron chi connectivity index (χ1n) is 8.69. The standard InChI is InChI=1S/C19H23N3O4S/c1-21-8-9-27-19(21)20-18(24)14-11-17(23)22(12-14)7-6-13-4-5-15(25-2)16(10-13)26-3/h4-5,8-10,14H,6-7,11-12H2,1-3H3. The number of hydrogen-bond donors (Lipinski definition) is 0. The Morgan fingerprint density at radius 1 is 1.30 bits per heavy atom. The number of benzene rings is 1. The molecule has 0 radical (unpaired) electrons. The molecule has 0 bridgehead atoms. The number of amides is 2. The van der Waals surface area contributed by atoms with E-state index in [1.807, 2.05) is 36.8 Å². The second-order valence-corrected chi connectivity index (χ2v) is 7.30. The van der Waals surface area contributed by atoms with Gasteiger partial charge < -0.3 is 18.9 Å². The normalized spacial score (nSPS) is 17.4. The maximum absolute atomic E-state index is 12.4. The van der Waals surface area contributed by atoms with E-state index in [1.165, 1.54) is 11.3 Å². The van der Waals surface area contributed by atoms with Gasteiger partial charge in [0.05, 0.1) is 20.1 Å². The Kier molecular flexibility index (Phi) is 5.95. The summed E-state index contributed by atoms with van der Waals surface area (Å²) in [6, 6.07) is 5.72. The smallest absolute Gasteiger partial charge is 0.253 e. The number of likely N-dealkylation sites (tertiary alicyclic amines) is 1. The summed E-state index contributed by atoms with van der Waals surface area (Å²) in [4.78, 5) is 31.2. The molecule has 0 aliphatic carbocycles. The van der Waals surface area contributed by atoms with Gasteiger partial charge in [0.25, 0.3) is 5.91 Å². The highest BCUT2D eigenvalue weighted by molar-refractivity contribution is 7.07. The largest absolute Gasteiger partial charge is 0.493 e. The Hall–Kier alpha value is -2.61. The Labute approximate surface area is 161 Å². The molecule has 0 spiro atoms. The predicted molar refractivity (Wildman–Crippen MR) is 102 cm³/mol. The molecule has 144 valence electrons. The van der Waals surface area contributed by atoms with Gasteiger partial charge in [0, 0.05) is 38.1 Å². The van der Waals surface area contributed by atoms with Gasteiger partial charge in [0.15, 0.2) is 16.3 Å². The maximum Gasteiger partial charge on any atom is 0.253 e. The second-order valence-electron chi connectivity index (χ2n) is 6.43. The molecule has 2 aromatic rings. The SMILES string of the molecule is COc1ccc(CCN2CC(C(=O)N=c3sccn3C)CC2=O)cc1OC. The first kappa shape index (κ1) is 19.2. The zero-order chi connectivity index (χ0) is 19.4. The fourth-order valence-corrected chi connectivity index (χ4v) is 3.81. The Morgan fingerprint density at radius 2 is 2.07 bits per heavy atom. The summed E-state index contributed by atoms with van der Waals surface area (Å²) >= 11 is 1.41. The fourth-order valence-electron chi connectivity index (χ4n) is 3.07. The number of methoxy groups -OCH3 is 2. The maximum atomic E-state index is 12.4. The zero-order valence-electron chi connectivity index (χ0n) is 15.7. The van der Waals surface area contributed by atoms with Crippen LogP contribution in [-0.2, 0) is 23.1 Å². The topological polar surface area (TPSA) is 73.1 Å². The van der Waals surface area contributed by atoms with Gasteiger partial charge in [-0.2, -0.15) is 4.99 Å². The quantitative estimate of drug-likeness (QED) is 0.753. The molecule has 1 aromatic heterocycles. The minimum absolute atomic E-state index is 0.000388. The molecule has 1 saturated heterocycles. The van der Waals surface area contributed by atoms with Gasteiger partial charge >= 0.3 is 0 Å². The van der Waals surface area contributed by atoms with Crippen molar-refractivity contribution in [3.8, 4) is 11.5 Å². The molecule has 1 aliphatic heterocycles. The summed E-state index contributed by atoms with van der Waals surface area (Å²) < 4.78 is 12.4. The third-order valence-electron chi connectivity index (χ3n) is 4.65. The molecule has 1 unspecified atom stereocenters. The number of ether oxygens (including phenoxy) is 2. The average molecular weight is 389 g/mol. The van der Waals surface area contributed by atoms with Crippen LogP contribution in [0, 0.1) is 5.92 Å². The van der Waals surface area contributed by atoms with Crippen molar-refractivity contribution >= 4 is 23.2 Å². The van der Waals surface area contributed by atoms with Crippen LogP contribution in [0.3, 0.4) is 0 Å². The molecule has 2 amide bonds. The van der Waals surface area contributed by atoms with Crippen LogP contribution in [0.25, 0.3) is 0 Å². The van der Waals surface area contributed by atoms with Crippen molar-refractivity contribution in [1.82, 2.24) is 9.47 Å². The molecular weight excluding hydrogens is 366 g/mol. The van der Waals surface area contributed by atoms with E-state index in [0.29, 0.717) is 35.8 Å². The Balaban J connectivity index is 1.61. The number of thiazole rings is 1. The summed E-state index contributed by atoms with van der Waals surface area (Å²) in [6.45, 7) is 0.981. The van der Waals surface area contributed by atoms with Crippen LogP contribution < -0.4 is 14.3 Å². The van der Waals surface area contributed by atoms with E-state index in [0.717, 1.165) is 5.56 Å². The van der Waals surface area contributed by atoms with E-state index >= 15 is 0 Å². The molecule has 3 rings (SSSR count). The third kappa shape index (κ3) is 4.39. The van der Waals surface area contributed by atoms with E-state index in [9.17, 15) is 9.59 Å². The van der Waals surface area contributed by atoms with Crippen LogP contribution in [-0.4, -0.2) is 48.6 Å². The number of hydrogen-bond acceptors (Lipinski definition) is 5. The highest BCUT2D eigenvalue weighted by atomic mass is 32.1. The number of carbonyl (C=O) groups is 2. The molecule has 1 fully saturated rings. The van der Waals surface area contributed by atoms with Gasteiger partial charge in [-0.1, -0.05) is 6.07 Å². The number of nitrogens with zero attached hydrogens (tertiary/aromatic N) is 3. The molecule has 0 N–H and O–H groups in total. The molecule has 2 heterocycles. The Bertz CT molecular complexity index is 902. The minimum atomic E-state index is -0.370. The van der Waals surface area contributed by atoms with E-state index < -0.39 is 0 Å². The van der Waals surface area contributed by atoms with Gasteiger partial charge in [-0.05, 0) is 24.1 Å². The first-order valence-corrected chi connectivity index (χ1v) is 9.57. The molecule has 1 atom stereocenters. The number of aromatic nitrogens is 1. The molecule has 1 aromatic carbocycles. The predicted octanol–water partition coefficient (Wildman–Crippen LogP) is 1.62. The fraction of sp³-hybridized carbons (Fsp3) is 0.421. The molecule has 7 nitrogen and oxygen atoms in total. The monoisotopic (exact) mass is 389 g/mol. The molecule has 8 heteroatoms.